The van der Waals surface area contributed by atoms with E-state index in [0.29, 0.717) is 6.61 Å². The molecule has 2 aromatic rings. The van der Waals surface area contributed by atoms with E-state index in [9.17, 15) is 4.79 Å². The third kappa shape index (κ3) is 2.82. The van der Waals surface area contributed by atoms with Gasteiger partial charge in [0.1, 0.15) is 12.4 Å². The zero-order valence-corrected chi connectivity index (χ0v) is 11.0. The fourth-order valence-electron chi connectivity index (χ4n) is 2.34. The number of carboxylic acids is 1. The molecule has 3 heteroatoms. The number of rotatable bonds is 5. The van der Waals surface area contributed by atoms with Crippen LogP contribution >= 0.6 is 0 Å². The minimum absolute atomic E-state index is 0.188. The van der Waals surface area contributed by atoms with Gasteiger partial charge in [-0.2, -0.15) is 0 Å². The number of carboxylic acid groups (broad SMARTS) is 1. The summed E-state index contributed by atoms with van der Waals surface area (Å²) in [5, 5.41) is 11.1. The van der Waals surface area contributed by atoms with Crippen molar-refractivity contribution in [2.75, 3.05) is 6.61 Å². The van der Waals surface area contributed by atoms with Crippen LogP contribution in [0.3, 0.4) is 0 Å². The van der Waals surface area contributed by atoms with Crippen molar-refractivity contribution in [3.8, 4) is 5.75 Å². The summed E-state index contributed by atoms with van der Waals surface area (Å²) < 4.78 is 5.65. The maximum Gasteiger partial charge on any atom is 0.307 e. The number of fused-ring (bicyclic) bond motifs is 1. The molecule has 1 aliphatic rings. The summed E-state index contributed by atoms with van der Waals surface area (Å²) in [6.45, 7) is 0.473. The van der Waals surface area contributed by atoms with Gasteiger partial charge in [0, 0.05) is 0 Å². The van der Waals surface area contributed by atoms with Crippen LogP contribution in [-0.4, -0.2) is 17.7 Å². The summed E-state index contributed by atoms with van der Waals surface area (Å²) in [5.74, 6) is 0.133. The smallest absolute Gasteiger partial charge is 0.307 e. The van der Waals surface area contributed by atoms with E-state index < -0.39 is 5.97 Å². The monoisotopic (exact) mass is 268 g/mol. The van der Waals surface area contributed by atoms with E-state index in [4.69, 9.17) is 9.84 Å². The lowest BCUT2D eigenvalue weighted by Gasteiger charge is -2.04. The minimum Gasteiger partial charge on any atom is -0.490 e. The molecule has 1 saturated carbocycles. The maximum atomic E-state index is 10.7. The van der Waals surface area contributed by atoms with Gasteiger partial charge in [-0.15, -0.1) is 0 Å². The summed E-state index contributed by atoms with van der Waals surface area (Å²) in [5.41, 5.74) is 0. The number of hydrogen-bond acceptors (Lipinski definition) is 2. The third-order valence-electron chi connectivity index (χ3n) is 3.61. The van der Waals surface area contributed by atoms with Gasteiger partial charge < -0.3 is 9.84 Å². The Morgan fingerprint density at radius 2 is 2.05 bits per heavy atom. The van der Waals surface area contributed by atoms with Crippen LogP contribution in [0.1, 0.15) is 6.42 Å². The lowest BCUT2D eigenvalue weighted by molar-refractivity contribution is -0.138. The Labute approximate surface area is 117 Å². The van der Waals surface area contributed by atoms with E-state index in [1.807, 2.05) is 42.5 Å². The van der Waals surface area contributed by atoms with Crippen molar-refractivity contribution in [3.05, 3.63) is 54.6 Å². The Balaban J connectivity index is 1.55. The Hall–Kier alpha value is -2.29. The maximum absolute atomic E-state index is 10.7. The van der Waals surface area contributed by atoms with Crippen molar-refractivity contribution < 1.29 is 14.6 Å². The Bertz CT molecular complexity index is 660. The zero-order valence-electron chi connectivity index (χ0n) is 11.0. The molecule has 1 aliphatic carbocycles. The Kier molecular flexibility index (Phi) is 3.42. The van der Waals surface area contributed by atoms with Gasteiger partial charge in [0.2, 0.25) is 0 Å². The molecule has 20 heavy (non-hydrogen) atoms. The second-order valence-electron chi connectivity index (χ2n) is 5.09. The van der Waals surface area contributed by atoms with E-state index in [-0.39, 0.29) is 11.8 Å². The van der Waals surface area contributed by atoms with Gasteiger partial charge >= 0.3 is 5.97 Å². The molecule has 0 aromatic heterocycles. The summed E-state index contributed by atoms with van der Waals surface area (Å²) in [7, 11) is 0. The van der Waals surface area contributed by atoms with Gasteiger partial charge in [-0.1, -0.05) is 42.5 Å². The number of allylic oxidation sites excluding steroid dienone is 1. The fraction of sp³-hybridized carbons (Fsp3) is 0.235. The van der Waals surface area contributed by atoms with Crippen molar-refractivity contribution in [3.63, 3.8) is 0 Å². The lowest BCUT2D eigenvalue weighted by atomic mass is 10.1. The number of aliphatic carboxylic acids is 1. The average molecular weight is 268 g/mol. The SMILES string of the molecule is O=C(O)[C@@H]1C[C@@H]1/C=C\COc1ccc2ccccc2c1. The molecule has 2 atom stereocenters. The molecule has 0 amide bonds. The first-order valence-electron chi connectivity index (χ1n) is 6.75. The van der Waals surface area contributed by atoms with Crippen LogP contribution < -0.4 is 4.74 Å². The summed E-state index contributed by atoms with van der Waals surface area (Å²) >= 11 is 0. The first-order chi connectivity index (χ1) is 9.74. The van der Waals surface area contributed by atoms with E-state index in [1.165, 1.54) is 5.39 Å². The Morgan fingerprint density at radius 1 is 1.25 bits per heavy atom. The molecule has 0 heterocycles. The van der Waals surface area contributed by atoms with Gasteiger partial charge in [-0.25, -0.2) is 0 Å². The van der Waals surface area contributed by atoms with E-state index >= 15 is 0 Å². The molecule has 0 aliphatic heterocycles. The van der Waals surface area contributed by atoms with Crippen molar-refractivity contribution in [2.45, 2.75) is 6.42 Å². The van der Waals surface area contributed by atoms with Crippen LogP contribution in [0.2, 0.25) is 0 Å². The average Bonchev–Trinajstić information content (AvgIpc) is 3.23. The summed E-state index contributed by atoms with van der Waals surface area (Å²) in [6, 6.07) is 14.1. The van der Waals surface area contributed by atoms with Gasteiger partial charge in [0.05, 0.1) is 5.92 Å². The number of hydrogen-bond donors (Lipinski definition) is 1. The van der Waals surface area contributed by atoms with Crippen LogP contribution in [0.5, 0.6) is 5.75 Å². The van der Waals surface area contributed by atoms with Crippen LogP contribution in [0.25, 0.3) is 10.8 Å². The standard InChI is InChI=1S/C17H16O3/c18-17(19)16-11-14(16)6-3-9-20-15-8-7-12-4-1-2-5-13(12)10-15/h1-8,10,14,16H,9,11H2,(H,18,19)/b6-3-/t14-,16+/m0/s1. The summed E-state index contributed by atoms with van der Waals surface area (Å²) in [6.07, 6.45) is 4.60. The molecule has 0 unspecified atom stereocenters. The molecule has 0 spiro atoms. The number of carbonyl (C=O) groups is 1. The van der Waals surface area contributed by atoms with Crippen molar-refractivity contribution in [1.82, 2.24) is 0 Å². The first-order valence-corrected chi connectivity index (χ1v) is 6.75. The highest BCUT2D eigenvalue weighted by molar-refractivity contribution is 5.83. The Morgan fingerprint density at radius 3 is 2.80 bits per heavy atom. The molecular formula is C17H16O3. The lowest BCUT2D eigenvalue weighted by Crippen LogP contribution is -1.98. The highest BCUT2D eigenvalue weighted by atomic mass is 16.5. The summed E-state index contributed by atoms with van der Waals surface area (Å²) in [4.78, 5) is 10.7. The van der Waals surface area contributed by atoms with Gasteiger partial charge in [-0.05, 0) is 35.2 Å². The molecule has 102 valence electrons. The van der Waals surface area contributed by atoms with Crippen molar-refractivity contribution in [1.29, 1.82) is 0 Å². The quantitative estimate of drug-likeness (QED) is 0.844. The molecule has 3 nitrogen and oxygen atoms in total. The van der Waals surface area contributed by atoms with Crippen molar-refractivity contribution >= 4 is 16.7 Å². The molecule has 1 fully saturated rings. The van der Waals surface area contributed by atoms with E-state index in [1.54, 1.807) is 0 Å². The molecule has 0 radical (unpaired) electrons. The van der Waals surface area contributed by atoms with Crippen LogP contribution in [0, 0.1) is 11.8 Å². The third-order valence-corrected chi connectivity index (χ3v) is 3.61. The molecule has 1 N–H and O–H groups in total. The molecule has 2 aromatic carbocycles. The topological polar surface area (TPSA) is 46.5 Å². The molecular weight excluding hydrogens is 252 g/mol. The zero-order chi connectivity index (χ0) is 13.9. The number of ether oxygens (including phenoxy) is 1. The van der Waals surface area contributed by atoms with E-state index in [0.717, 1.165) is 17.6 Å². The first kappa shape index (κ1) is 12.7. The molecule has 3 rings (SSSR count). The highest BCUT2D eigenvalue weighted by Crippen LogP contribution is 2.39. The predicted molar refractivity (Wildman–Crippen MR) is 77.8 cm³/mol. The highest BCUT2D eigenvalue weighted by Gasteiger charge is 2.40. The largest absolute Gasteiger partial charge is 0.490 e. The normalized spacial score (nSPS) is 21.2. The van der Waals surface area contributed by atoms with Gasteiger partial charge in [-0.3, -0.25) is 4.79 Å². The van der Waals surface area contributed by atoms with Crippen LogP contribution in [-0.2, 0) is 4.79 Å². The number of benzene rings is 2. The van der Waals surface area contributed by atoms with E-state index in [2.05, 4.69) is 12.1 Å². The van der Waals surface area contributed by atoms with Crippen LogP contribution in [0.15, 0.2) is 54.6 Å². The molecule has 0 bridgehead atoms. The van der Waals surface area contributed by atoms with Crippen LogP contribution in [0.4, 0.5) is 0 Å². The minimum atomic E-state index is -0.699. The fourth-order valence-corrected chi connectivity index (χ4v) is 2.34. The molecule has 0 saturated heterocycles. The predicted octanol–water partition coefficient (Wildman–Crippen LogP) is 3.50. The second-order valence-corrected chi connectivity index (χ2v) is 5.09. The van der Waals surface area contributed by atoms with Gasteiger partial charge in [0.15, 0.2) is 0 Å². The van der Waals surface area contributed by atoms with Gasteiger partial charge in [0.25, 0.3) is 0 Å². The second kappa shape index (κ2) is 5.37. The van der Waals surface area contributed by atoms with Crippen molar-refractivity contribution in [2.24, 2.45) is 11.8 Å².